The summed E-state index contributed by atoms with van der Waals surface area (Å²) in [5, 5.41) is 5.12. The number of hydrogen-bond acceptors (Lipinski definition) is 5. The Morgan fingerprint density at radius 3 is 2.63 bits per heavy atom. The van der Waals surface area contributed by atoms with E-state index in [4.69, 9.17) is 4.74 Å². The quantitative estimate of drug-likeness (QED) is 0.443. The number of amides is 1. The third kappa shape index (κ3) is 4.50. The Morgan fingerprint density at radius 1 is 1.00 bits per heavy atom. The van der Waals surface area contributed by atoms with E-state index < -0.39 is 10.0 Å². The molecular formula is C27H25N3O4S. The van der Waals surface area contributed by atoms with Crippen molar-refractivity contribution in [2.75, 3.05) is 28.7 Å². The van der Waals surface area contributed by atoms with E-state index in [1.54, 1.807) is 31.3 Å². The van der Waals surface area contributed by atoms with Crippen LogP contribution in [-0.4, -0.2) is 38.4 Å². The number of sulfonamides is 1. The fraction of sp³-hybridized carbons (Fsp3) is 0.185. The zero-order chi connectivity index (χ0) is 24.6. The van der Waals surface area contributed by atoms with Gasteiger partial charge in [0.1, 0.15) is 6.73 Å². The van der Waals surface area contributed by atoms with E-state index >= 15 is 0 Å². The molecule has 0 atom stereocenters. The van der Waals surface area contributed by atoms with Crippen molar-refractivity contribution >= 4 is 38.1 Å². The van der Waals surface area contributed by atoms with Gasteiger partial charge in [0.25, 0.3) is 5.91 Å². The van der Waals surface area contributed by atoms with E-state index in [0.29, 0.717) is 22.5 Å². The Morgan fingerprint density at radius 2 is 1.83 bits per heavy atom. The van der Waals surface area contributed by atoms with Crippen molar-refractivity contribution in [3.05, 3.63) is 89.6 Å². The Bertz CT molecular complexity index is 1540. The number of carbonyl (C=O) groups is 1. The number of carbonyl (C=O) groups excluding carboxylic acids is 1. The summed E-state index contributed by atoms with van der Waals surface area (Å²) in [6, 6.07) is 20.8. The number of ether oxygens (including phenoxy) is 1. The first-order valence-corrected chi connectivity index (χ1v) is 12.9. The van der Waals surface area contributed by atoms with Gasteiger partial charge < -0.3 is 10.1 Å². The van der Waals surface area contributed by atoms with Gasteiger partial charge in [-0.15, -0.1) is 0 Å². The molecule has 0 saturated carbocycles. The molecule has 1 saturated heterocycles. The minimum Gasteiger partial charge on any atom is -0.359 e. The molecule has 1 aliphatic heterocycles. The normalized spacial score (nSPS) is 15.2. The SMILES string of the molecule is Cc1cc(N2COCCS2(=O)=O)ccc1C(=O)Nc1ccc(C)c(-c2nccc3ccccc23)c1. The van der Waals surface area contributed by atoms with Crippen LogP contribution in [0.2, 0.25) is 0 Å². The van der Waals surface area contributed by atoms with Gasteiger partial charge in [0.15, 0.2) is 0 Å². The third-order valence-corrected chi connectivity index (χ3v) is 7.87. The zero-order valence-corrected chi connectivity index (χ0v) is 20.3. The number of pyridine rings is 1. The molecule has 3 aromatic carbocycles. The molecule has 0 aliphatic carbocycles. The van der Waals surface area contributed by atoms with Crippen LogP contribution < -0.4 is 9.62 Å². The largest absolute Gasteiger partial charge is 0.359 e. The second-order valence-corrected chi connectivity index (χ2v) is 10.6. The Balaban J connectivity index is 1.43. The fourth-order valence-electron chi connectivity index (χ4n) is 4.28. The highest BCUT2D eigenvalue weighted by Crippen LogP contribution is 2.31. The predicted molar refractivity (Wildman–Crippen MR) is 138 cm³/mol. The number of nitrogens with zero attached hydrogens (tertiary/aromatic N) is 2. The minimum atomic E-state index is -3.42. The van der Waals surface area contributed by atoms with Crippen LogP contribution in [0.3, 0.4) is 0 Å². The lowest BCUT2D eigenvalue weighted by Crippen LogP contribution is -2.41. The highest BCUT2D eigenvalue weighted by atomic mass is 32.2. The maximum Gasteiger partial charge on any atom is 0.255 e. The summed E-state index contributed by atoms with van der Waals surface area (Å²) in [6.07, 6.45) is 1.79. The summed E-state index contributed by atoms with van der Waals surface area (Å²) >= 11 is 0. The van der Waals surface area contributed by atoms with E-state index in [1.807, 2.05) is 49.4 Å². The third-order valence-electron chi connectivity index (χ3n) is 6.20. The summed E-state index contributed by atoms with van der Waals surface area (Å²) in [7, 11) is -3.42. The fourth-order valence-corrected chi connectivity index (χ4v) is 5.50. The number of hydrogen-bond donors (Lipinski definition) is 1. The van der Waals surface area contributed by atoms with Gasteiger partial charge in [-0.3, -0.25) is 9.78 Å². The molecule has 0 bridgehead atoms. The van der Waals surface area contributed by atoms with Crippen molar-refractivity contribution in [1.82, 2.24) is 4.98 Å². The van der Waals surface area contributed by atoms with Crippen molar-refractivity contribution < 1.29 is 17.9 Å². The van der Waals surface area contributed by atoms with Crippen LogP contribution in [0.4, 0.5) is 11.4 Å². The predicted octanol–water partition coefficient (Wildman–Crippen LogP) is 4.89. The molecule has 0 spiro atoms. The van der Waals surface area contributed by atoms with Crippen LogP contribution in [0.15, 0.2) is 72.9 Å². The number of aryl methyl sites for hydroxylation is 2. The minimum absolute atomic E-state index is 0.0261. The molecule has 178 valence electrons. The maximum absolute atomic E-state index is 13.1. The number of fused-ring (bicyclic) bond motifs is 1. The van der Waals surface area contributed by atoms with Crippen LogP contribution in [0.1, 0.15) is 21.5 Å². The van der Waals surface area contributed by atoms with Gasteiger partial charge in [0.2, 0.25) is 10.0 Å². The smallest absolute Gasteiger partial charge is 0.255 e. The lowest BCUT2D eigenvalue weighted by Gasteiger charge is -2.28. The molecule has 5 rings (SSSR count). The monoisotopic (exact) mass is 487 g/mol. The Hall–Kier alpha value is -3.75. The number of nitrogens with one attached hydrogen (secondary N) is 1. The average molecular weight is 488 g/mol. The van der Waals surface area contributed by atoms with Crippen LogP contribution in [0, 0.1) is 13.8 Å². The van der Waals surface area contributed by atoms with Gasteiger partial charge in [0.05, 0.1) is 23.7 Å². The summed E-state index contributed by atoms with van der Waals surface area (Å²) in [5.74, 6) is -0.331. The van der Waals surface area contributed by atoms with Crippen LogP contribution >= 0.6 is 0 Å². The molecule has 1 aromatic heterocycles. The van der Waals surface area contributed by atoms with Gasteiger partial charge in [0, 0.05) is 28.4 Å². The molecule has 1 fully saturated rings. The first-order chi connectivity index (χ1) is 16.8. The first kappa shape index (κ1) is 23.0. The molecule has 8 heteroatoms. The topological polar surface area (TPSA) is 88.6 Å². The number of anilines is 2. The van der Waals surface area contributed by atoms with Crippen molar-refractivity contribution in [1.29, 1.82) is 0 Å². The Kier molecular flexibility index (Phi) is 6.00. The lowest BCUT2D eigenvalue weighted by molar-refractivity contribution is 0.102. The van der Waals surface area contributed by atoms with E-state index in [-0.39, 0.29) is 25.0 Å². The molecule has 2 heterocycles. The van der Waals surface area contributed by atoms with Gasteiger partial charge >= 0.3 is 0 Å². The summed E-state index contributed by atoms with van der Waals surface area (Å²) in [4.78, 5) is 17.7. The van der Waals surface area contributed by atoms with Crippen LogP contribution in [0.25, 0.3) is 22.0 Å². The highest BCUT2D eigenvalue weighted by Gasteiger charge is 2.27. The molecular weight excluding hydrogens is 462 g/mol. The van der Waals surface area contributed by atoms with Gasteiger partial charge in [-0.25, -0.2) is 12.7 Å². The standard InChI is InChI=1S/C27H25N3O4S/c1-18-7-8-21(16-25(18)26-24-6-4-3-5-20(24)11-12-28-26)29-27(31)23-10-9-22(15-19(23)2)30-17-34-13-14-35(30,32)33/h3-12,15-16H,13-14,17H2,1-2H3,(H,29,31). The highest BCUT2D eigenvalue weighted by molar-refractivity contribution is 7.92. The summed E-state index contributed by atoms with van der Waals surface area (Å²) < 4.78 is 31.3. The van der Waals surface area contributed by atoms with E-state index in [1.165, 1.54) is 4.31 Å². The Labute approximate surface area is 204 Å². The van der Waals surface area contributed by atoms with E-state index in [0.717, 1.165) is 27.6 Å². The van der Waals surface area contributed by atoms with Crippen molar-refractivity contribution in [3.63, 3.8) is 0 Å². The van der Waals surface area contributed by atoms with Gasteiger partial charge in [-0.1, -0.05) is 30.3 Å². The summed E-state index contributed by atoms with van der Waals surface area (Å²) in [5.41, 5.74) is 5.14. The van der Waals surface area contributed by atoms with Gasteiger partial charge in [-0.05, 0) is 66.8 Å². The molecule has 35 heavy (non-hydrogen) atoms. The van der Waals surface area contributed by atoms with E-state index in [9.17, 15) is 13.2 Å². The summed E-state index contributed by atoms with van der Waals surface area (Å²) in [6.45, 7) is 3.97. The van der Waals surface area contributed by atoms with Crippen LogP contribution in [0.5, 0.6) is 0 Å². The number of aromatic nitrogens is 1. The molecule has 0 unspecified atom stereocenters. The molecule has 1 N–H and O–H groups in total. The molecule has 0 radical (unpaired) electrons. The molecule has 1 amide bonds. The maximum atomic E-state index is 13.1. The number of benzene rings is 3. The van der Waals surface area contributed by atoms with Gasteiger partial charge in [-0.2, -0.15) is 0 Å². The van der Waals surface area contributed by atoms with Crippen molar-refractivity contribution in [2.45, 2.75) is 13.8 Å². The second-order valence-electron chi connectivity index (χ2n) is 8.57. The second kappa shape index (κ2) is 9.13. The molecule has 7 nitrogen and oxygen atoms in total. The first-order valence-electron chi connectivity index (χ1n) is 11.3. The number of rotatable bonds is 4. The van der Waals surface area contributed by atoms with Crippen molar-refractivity contribution in [2.24, 2.45) is 0 Å². The van der Waals surface area contributed by atoms with Crippen LogP contribution in [-0.2, 0) is 14.8 Å². The molecule has 1 aliphatic rings. The molecule has 4 aromatic rings. The van der Waals surface area contributed by atoms with E-state index in [2.05, 4.69) is 16.4 Å². The lowest BCUT2D eigenvalue weighted by atomic mass is 9.99. The van der Waals surface area contributed by atoms with Crippen molar-refractivity contribution in [3.8, 4) is 11.3 Å². The zero-order valence-electron chi connectivity index (χ0n) is 19.5. The average Bonchev–Trinajstić information content (AvgIpc) is 2.84.